The number of rotatable bonds is 3. The van der Waals surface area contributed by atoms with Crippen molar-refractivity contribution in [3.8, 4) is 0 Å². The van der Waals surface area contributed by atoms with Crippen LogP contribution in [0.25, 0.3) is 0 Å². The van der Waals surface area contributed by atoms with Crippen LogP contribution in [-0.2, 0) is 4.79 Å². The van der Waals surface area contributed by atoms with E-state index in [4.69, 9.17) is 10.8 Å². The summed E-state index contributed by atoms with van der Waals surface area (Å²) in [7, 11) is 0. The SMILES string of the molecule is NC(C(=O)O)c1cc(F)c(F)c([N+](=O)[O-])c1. The number of hydrogen-bond donors (Lipinski definition) is 2. The average molecular weight is 232 g/mol. The van der Waals surface area contributed by atoms with Crippen LogP contribution in [0.1, 0.15) is 11.6 Å². The number of aliphatic carboxylic acids is 1. The lowest BCUT2D eigenvalue weighted by molar-refractivity contribution is -0.387. The minimum absolute atomic E-state index is 0.377. The second-order valence-corrected chi connectivity index (χ2v) is 2.91. The highest BCUT2D eigenvalue weighted by molar-refractivity contribution is 5.75. The predicted molar refractivity (Wildman–Crippen MR) is 47.6 cm³/mol. The molecular formula is C8H6F2N2O4. The van der Waals surface area contributed by atoms with Crippen molar-refractivity contribution in [1.82, 2.24) is 0 Å². The Morgan fingerprint density at radius 1 is 1.50 bits per heavy atom. The fourth-order valence-corrected chi connectivity index (χ4v) is 1.05. The Morgan fingerprint density at radius 2 is 2.06 bits per heavy atom. The van der Waals surface area contributed by atoms with Crippen LogP contribution >= 0.6 is 0 Å². The maximum absolute atomic E-state index is 12.9. The quantitative estimate of drug-likeness (QED) is 0.596. The Balaban J connectivity index is 3.34. The van der Waals surface area contributed by atoms with E-state index in [0.29, 0.717) is 12.1 Å². The second-order valence-electron chi connectivity index (χ2n) is 2.91. The first-order valence-electron chi connectivity index (χ1n) is 3.96. The van der Waals surface area contributed by atoms with Gasteiger partial charge >= 0.3 is 11.7 Å². The lowest BCUT2D eigenvalue weighted by atomic mass is 10.1. The zero-order valence-electron chi connectivity index (χ0n) is 7.68. The van der Waals surface area contributed by atoms with E-state index in [1.807, 2.05) is 0 Å². The number of nitrogens with zero attached hydrogens (tertiary/aromatic N) is 1. The molecule has 0 aliphatic carbocycles. The van der Waals surface area contributed by atoms with Crippen LogP contribution in [0.5, 0.6) is 0 Å². The summed E-state index contributed by atoms with van der Waals surface area (Å²) in [5.41, 5.74) is 3.59. The first-order chi connectivity index (χ1) is 7.34. The molecule has 0 amide bonds. The molecular weight excluding hydrogens is 226 g/mol. The lowest BCUT2D eigenvalue weighted by Gasteiger charge is -2.07. The Bertz CT molecular complexity index is 464. The molecule has 1 unspecified atom stereocenters. The maximum atomic E-state index is 12.9. The van der Waals surface area contributed by atoms with E-state index < -0.39 is 34.3 Å². The molecule has 0 spiro atoms. The maximum Gasteiger partial charge on any atom is 0.325 e. The molecule has 0 saturated heterocycles. The number of benzene rings is 1. The van der Waals surface area contributed by atoms with Gasteiger partial charge in [0.05, 0.1) is 4.92 Å². The minimum Gasteiger partial charge on any atom is -0.480 e. The van der Waals surface area contributed by atoms with Crippen molar-refractivity contribution in [2.24, 2.45) is 5.73 Å². The topological polar surface area (TPSA) is 106 Å². The first kappa shape index (κ1) is 12.0. The molecule has 0 aliphatic heterocycles. The normalized spacial score (nSPS) is 12.2. The van der Waals surface area contributed by atoms with E-state index in [-0.39, 0.29) is 5.56 Å². The number of nitro benzene ring substituents is 1. The molecule has 0 radical (unpaired) electrons. The van der Waals surface area contributed by atoms with Gasteiger partial charge in [0, 0.05) is 6.07 Å². The molecule has 86 valence electrons. The van der Waals surface area contributed by atoms with Crippen LogP contribution in [0.2, 0.25) is 0 Å². The van der Waals surface area contributed by atoms with Gasteiger partial charge in [-0.25, -0.2) is 4.39 Å². The van der Waals surface area contributed by atoms with Crippen molar-refractivity contribution in [2.45, 2.75) is 6.04 Å². The van der Waals surface area contributed by atoms with Gasteiger partial charge < -0.3 is 10.8 Å². The summed E-state index contributed by atoms with van der Waals surface area (Å²) < 4.78 is 25.8. The van der Waals surface area contributed by atoms with E-state index in [0.717, 1.165) is 0 Å². The molecule has 0 aromatic heterocycles. The van der Waals surface area contributed by atoms with E-state index in [1.165, 1.54) is 0 Å². The molecule has 0 bridgehead atoms. The zero-order chi connectivity index (χ0) is 12.5. The Morgan fingerprint density at radius 3 is 2.50 bits per heavy atom. The third-order valence-corrected chi connectivity index (χ3v) is 1.85. The van der Waals surface area contributed by atoms with Gasteiger partial charge in [0.15, 0.2) is 5.82 Å². The van der Waals surface area contributed by atoms with Crippen molar-refractivity contribution >= 4 is 11.7 Å². The van der Waals surface area contributed by atoms with Crippen LogP contribution < -0.4 is 5.73 Å². The third-order valence-electron chi connectivity index (χ3n) is 1.85. The van der Waals surface area contributed by atoms with E-state index in [1.54, 1.807) is 0 Å². The molecule has 6 nitrogen and oxygen atoms in total. The van der Waals surface area contributed by atoms with Crippen molar-refractivity contribution in [3.05, 3.63) is 39.4 Å². The number of carboxylic acid groups (broad SMARTS) is 1. The van der Waals surface area contributed by atoms with Gasteiger partial charge in [-0.1, -0.05) is 0 Å². The number of nitro groups is 1. The number of hydrogen-bond acceptors (Lipinski definition) is 4. The lowest BCUT2D eigenvalue weighted by Crippen LogP contribution is -2.21. The van der Waals surface area contributed by atoms with Gasteiger partial charge in [0.1, 0.15) is 6.04 Å². The average Bonchev–Trinajstić information content (AvgIpc) is 2.20. The van der Waals surface area contributed by atoms with Crippen LogP contribution in [0.4, 0.5) is 14.5 Å². The number of nitrogens with two attached hydrogens (primary N) is 1. The second kappa shape index (κ2) is 4.19. The first-order valence-corrected chi connectivity index (χ1v) is 3.96. The summed E-state index contributed by atoms with van der Waals surface area (Å²) in [6, 6.07) is -0.535. The molecule has 0 aliphatic rings. The van der Waals surface area contributed by atoms with E-state index in [9.17, 15) is 23.7 Å². The molecule has 1 rings (SSSR count). The number of carboxylic acids is 1. The van der Waals surface area contributed by atoms with Crippen molar-refractivity contribution < 1.29 is 23.6 Å². The molecule has 1 atom stereocenters. The predicted octanol–water partition coefficient (Wildman–Crippen LogP) is 0.957. The van der Waals surface area contributed by atoms with E-state index in [2.05, 4.69) is 0 Å². The van der Waals surface area contributed by atoms with Gasteiger partial charge in [0.2, 0.25) is 5.82 Å². The molecule has 1 aromatic rings. The van der Waals surface area contributed by atoms with Crippen LogP contribution in [0, 0.1) is 21.7 Å². The summed E-state index contributed by atoms with van der Waals surface area (Å²) in [5, 5.41) is 18.8. The number of halogens is 2. The highest BCUT2D eigenvalue weighted by atomic mass is 19.2. The fourth-order valence-electron chi connectivity index (χ4n) is 1.05. The van der Waals surface area contributed by atoms with Gasteiger partial charge in [-0.3, -0.25) is 14.9 Å². The molecule has 1 aromatic carbocycles. The van der Waals surface area contributed by atoms with Crippen LogP contribution in [-0.4, -0.2) is 16.0 Å². The van der Waals surface area contributed by atoms with Gasteiger partial charge in [-0.15, -0.1) is 0 Å². The third kappa shape index (κ3) is 2.11. The minimum atomic E-state index is -1.65. The van der Waals surface area contributed by atoms with Crippen molar-refractivity contribution in [3.63, 3.8) is 0 Å². The smallest absolute Gasteiger partial charge is 0.325 e. The van der Waals surface area contributed by atoms with Crippen molar-refractivity contribution in [2.75, 3.05) is 0 Å². The molecule has 0 saturated carbocycles. The van der Waals surface area contributed by atoms with Gasteiger partial charge in [-0.05, 0) is 11.6 Å². The largest absolute Gasteiger partial charge is 0.480 e. The summed E-state index contributed by atoms with van der Waals surface area (Å²) in [6.45, 7) is 0. The van der Waals surface area contributed by atoms with Crippen molar-refractivity contribution in [1.29, 1.82) is 0 Å². The van der Waals surface area contributed by atoms with E-state index >= 15 is 0 Å². The Hall–Kier alpha value is -2.09. The highest BCUT2D eigenvalue weighted by Gasteiger charge is 2.24. The summed E-state index contributed by atoms with van der Waals surface area (Å²) in [4.78, 5) is 19.6. The van der Waals surface area contributed by atoms with Gasteiger partial charge in [-0.2, -0.15) is 4.39 Å². The summed E-state index contributed by atoms with van der Waals surface area (Å²) >= 11 is 0. The molecule has 0 heterocycles. The van der Waals surface area contributed by atoms with Crippen LogP contribution in [0.3, 0.4) is 0 Å². The number of carbonyl (C=O) groups is 1. The molecule has 8 heteroatoms. The molecule has 3 N–H and O–H groups in total. The monoisotopic (exact) mass is 232 g/mol. The fraction of sp³-hybridized carbons (Fsp3) is 0.125. The Kier molecular flexibility index (Phi) is 3.14. The van der Waals surface area contributed by atoms with Gasteiger partial charge in [0.25, 0.3) is 0 Å². The standard InChI is InChI=1S/C8H6F2N2O4/c9-4-1-3(7(11)8(13)14)2-5(6(4)10)12(15)16/h1-2,7H,11H2,(H,13,14). The summed E-state index contributed by atoms with van der Waals surface area (Å²) in [5.74, 6) is -4.66. The van der Waals surface area contributed by atoms with Crippen LogP contribution in [0.15, 0.2) is 12.1 Å². The molecule has 16 heavy (non-hydrogen) atoms. The Labute approximate surface area is 87.4 Å². The molecule has 0 fully saturated rings. The zero-order valence-corrected chi connectivity index (χ0v) is 7.68. The highest BCUT2D eigenvalue weighted by Crippen LogP contribution is 2.24. The summed E-state index contributed by atoms with van der Waals surface area (Å²) in [6.07, 6.45) is 0.